The third kappa shape index (κ3) is 3.76. The van der Waals surface area contributed by atoms with Gasteiger partial charge >= 0.3 is 0 Å². The van der Waals surface area contributed by atoms with Gasteiger partial charge in [-0.15, -0.1) is 0 Å². The van der Waals surface area contributed by atoms with Crippen LogP contribution in [0.4, 0.5) is 0 Å². The summed E-state index contributed by atoms with van der Waals surface area (Å²) in [5.74, 6) is 1.97. The van der Waals surface area contributed by atoms with Crippen LogP contribution in [0.25, 0.3) is 67.1 Å². The van der Waals surface area contributed by atoms with Crippen molar-refractivity contribution in [2.24, 2.45) is 0 Å². The maximum absolute atomic E-state index is 5.00. The average molecular weight is 475 g/mol. The number of aromatic nitrogens is 4. The molecule has 0 bridgehead atoms. The second-order valence-corrected chi connectivity index (χ2v) is 8.99. The Morgan fingerprint density at radius 1 is 0.405 bits per heavy atom. The molecule has 37 heavy (non-hydrogen) atoms. The monoisotopic (exact) mass is 474 g/mol. The van der Waals surface area contributed by atoms with Gasteiger partial charge in [0.1, 0.15) is 0 Å². The number of nitrogens with one attached hydrogen (secondary N) is 1. The fraction of sp³-hybridized carbons (Fsp3) is 0. The molecule has 4 heteroatoms. The lowest BCUT2D eigenvalue weighted by molar-refractivity contribution is 1.08. The van der Waals surface area contributed by atoms with Gasteiger partial charge in [0.15, 0.2) is 17.5 Å². The van der Waals surface area contributed by atoms with Crippen LogP contribution in [0.5, 0.6) is 0 Å². The molecule has 0 aliphatic heterocycles. The van der Waals surface area contributed by atoms with Gasteiger partial charge in [0.25, 0.3) is 0 Å². The van der Waals surface area contributed by atoms with Crippen LogP contribution in [0.15, 0.2) is 127 Å². The molecule has 7 rings (SSSR count). The van der Waals surface area contributed by atoms with Gasteiger partial charge in [-0.25, -0.2) is 15.0 Å². The van der Waals surface area contributed by atoms with Crippen LogP contribution >= 0.6 is 0 Å². The molecule has 0 saturated carbocycles. The van der Waals surface area contributed by atoms with Crippen molar-refractivity contribution >= 4 is 21.8 Å². The van der Waals surface area contributed by atoms with E-state index in [0.29, 0.717) is 17.5 Å². The highest BCUT2D eigenvalue weighted by atomic mass is 15.0. The zero-order chi connectivity index (χ0) is 24.6. The molecule has 0 unspecified atom stereocenters. The summed E-state index contributed by atoms with van der Waals surface area (Å²) in [5, 5.41) is 2.26. The van der Waals surface area contributed by atoms with Gasteiger partial charge in [0, 0.05) is 38.5 Å². The minimum Gasteiger partial charge on any atom is -0.354 e. The molecule has 0 amide bonds. The van der Waals surface area contributed by atoms with E-state index in [9.17, 15) is 0 Å². The molecule has 2 aromatic heterocycles. The Balaban J connectivity index is 1.54. The number of aromatic amines is 1. The Bertz CT molecular complexity index is 1800. The minimum atomic E-state index is 0.655. The van der Waals surface area contributed by atoms with Crippen LogP contribution in [0.3, 0.4) is 0 Å². The highest BCUT2D eigenvalue weighted by Crippen LogP contribution is 2.39. The van der Waals surface area contributed by atoms with E-state index < -0.39 is 0 Å². The summed E-state index contributed by atoms with van der Waals surface area (Å²) in [7, 11) is 0. The topological polar surface area (TPSA) is 54.5 Å². The van der Waals surface area contributed by atoms with Crippen LogP contribution in [0.1, 0.15) is 0 Å². The fourth-order valence-electron chi connectivity index (χ4n) is 4.93. The summed E-state index contributed by atoms with van der Waals surface area (Å²) < 4.78 is 0. The van der Waals surface area contributed by atoms with Crippen LogP contribution < -0.4 is 0 Å². The minimum absolute atomic E-state index is 0.655. The largest absolute Gasteiger partial charge is 0.354 e. The zero-order valence-corrected chi connectivity index (χ0v) is 20.0. The van der Waals surface area contributed by atoms with E-state index >= 15 is 0 Å². The first-order valence-electron chi connectivity index (χ1n) is 12.3. The lowest BCUT2D eigenvalue weighted by atomic mass is 9.98. The summed E-state index contributed by atoms with van der Waals surface area (Å²) >= 11 is 0. The maximum Gasteiger partial charge on any atom is 0.164 e. The van der Waals surface area contributed by atoms with E-state index in [4.69, 9.17) is 15.0 Å². The van der Waals surface area contributed by atoms with Gasteiger partial charge in [0.05, 0.1) is 5.52 Å². The Morgan fingerprint density at radius 3 is 1.51 bits per heavy atom. The molecule has 0 radical (unpaired) electrons. The van der Waals surface area contributed by atoms with E-state index in [1.165, 1.54) is 0 Å². The van der Waals surface area contributed by atoms with Gasteiger partial charge in [0.2, 0.25) is 0 Å². The quantitative estimate of drug-likeness (QED) is 0.280. The predicted molar refractivity (Wildman–Crippen MR) is 151 cm³/mol. The molecule has 0 atom stereocenters. The van der Waals surface area contributed by atoms with Crippen LogP contribution in [-0.2, 0) is 0 Å². The normalized spacial score (nSPS) is 11.2. The second-order valence-electron chi connectivity index (χ2n) is 8.99. The Labute approximate surface area is 214 Å². The molecule has 0 aliphatic carbocycles. The van der Waals surface area contributed by atoms with Crippen molar-refractivity contribution in [1.29, 1.82) is 0 Å². The van der Waals surface area contributed by atoms with Crippen LogP contribution in [0.2, 0.25) is 0 Å². The third-order valence-electron chi connectivity index (χ3n) is 6.69. The summed E-state index contributed by atoms with van der Waals surface area (Å²) in [5.41, 5.74) is 7.37. The van der Waals surface area contributed by atoms with E-state index in [1.807, 2.05) is 66.7 Å². The molecule has 1 N–H and O–H groups in total. The highest BCUT2D eigenvalue weighted by Gasteiger charge is 2.18. The van der Waals surface area contributed by atoms with Gasteiger partial charge in [-0.05, 0) is 17.7 Å². The third-order valence-corrected chi connectivity index (χ3v) is 6.69. The number of para-hydroxylation sites is 1. The van der Waals surface area contributed by atoms with Crippen LogP contribution in [0, 0.1) is 0 Å². The first kappa shape index (κ1) is 21.2. The SMILES string of the molecule is c1ccc(-c2nc(-c3ccccc3)nc(-c3ccc(-c4ccccc4)c4[nH]c5ccccc5c34)n2)cc1. The van der Waals surface area contributed by atoms with E-state index in [2.05, 4.69) is 65.6 Å². The number of rotatable bonds is 4. The number of fused-ring (bicyclic) bond motifs is 3. The van der Waals surface area contributed by atoms with Gasteiger partial charge in [-0.1, -0.05) is 115 Å². The first-order valence-corrected chi connectivity index (χ1v) is 12.3. The summed E-state index contributed by atoms with van der Waals surface area (Å²) in [6.07, 6.45) is 0. The maximum atomic E-state index is 5.00. The number of hydrogen-bond acceptors (Lipinski definition) is 3. The molecule has 5 aromatic carbocycles. The number of H-pyrrole nitrogens is 1. The van der Waals surface area contributed by atoms with Crippen molar-refractivity contribution in [3.63, 3.8) is 0 Å². The smallest absolute Gasteiger partial charge is 0.164 e. The molecule has 0 aliphatic rings. The van der Waals surface area contributed by atoms with Gasteiger partial charge in [-0.3, -0.25) is 0 Å². The molecule has 0 spiro atoms. The first-order chi connectivity index (χ1) is 18.3. The second kappa shape index (κ2) is 8.85. The lowest BCUT2D eigenvalue weighted by Gasteiger charge is -2.11. The number of hydrogen-bond donors (Lipinski definition) is 1. The van der Waals surface area contributed by atoms with Crippen molar-refractivity contribution < 1.29 is 0 Å². The molecular weight excluding hydrogens is 452 g/mol. The van der Waals surface area contributed by atoms with E-state index in [0.717, 1.165) is 49.6 Å². The van der Waals surface area contributed by atoms with Crippen molar-refractivity contribution in [2.75, 3.05) is 0 Å². The molecule has 0 fully saturated rings. The number of nitrogens with zero attached hydrogens (tertiary/aromatic N) is 3. The lowest BCUT2D eigenvalue weighted by Crippen LogP contribution is -2.00. The summed E-state index contributed by atoms with van der Waals surface area (Å²) in [6.45, 7) is 0. The van der Waals surface area contributed by atoms with E-state index in [-0.39, 0.29) is 0 Å². The molecule has 2 heterocycles. The van der Waals surface area contributed by atoms with Crippen LogP contribution in [-0.4, -0.2) is 19.9 Å². The molecule has 7 aromatic rings. The fourth-order valence-corrected chi connectivity index (χ4v) is 4.93. The van der Waals surface area contributed by atoms with E-state index in [1.54, 1.807) is 0 Å². The average Bonchev–Trinajstić information content (AvgIpc) is 3.38. The molecular formula is C33H22N4. The van der Waals surface area contributed by atoms with Crippen molar-refractivity contribution in [3.8, 4) is 45.3 Å². The predicted octanol–water partition coefficient (Wildman–Crippen LogP) is 8.17. The highest BCUT2D eigenvalue weighted by molar-refractivity contribution is 6.17. The Kier molecular flexibility index (Phi) is 5.07. The number of benzene rings is 5. The summed E-state index contributed by atoms with van der Waals surface area (Å²) in [6, 6.07) is 43.4. The Hall–Kier alpha value is -5.09. The molecule has 4 nitrogen and oxygen atoms in total. The molecule has 0 saturated heterocycles. The van der Waals surface area contributed by atoms with Gasteiger partial charge in [-0.2, -0.15) is 0 Å². The van der Waals surface area contributed by atoms with Crippen molar-refractivity contribution in [1.82, 2.24) is 19.9 Å². The van der Waals surface area contributed by atoms with Crippen molar-refractivity contribution in [3.05, 3.63) is 127 Å². The molecule has 174 valence electrons. The standard InChI is InChI=1S/C33H22N4/c1-4-12-22(13-5-1)25-20-21-27(29-26-18-10-11-19-28(26)34-30(25)29)33-36-31(23-14-6-2-7-15-23)35-32(37-33)24-16-8-3-9-17-24/h1-21,34H. The Morgan fingerprint density at radius 2 is 0.892 bits per heavy atom. The van der Waals surface area contributed by atoms with Gasteiger partial charge < -0.3 is 4.98 Å². The van der Waals surface area contributed by atoms with Crippen molar-refractivity contribution in [2.45, 2.75) is 0 Å². The summed E-state index contributed by atoms with van der Waals surface area (Å²) in [4.78, 5) is 18.5. The zero-order valence-electron chi connectivity index (χ0n) is 20.0.